The summed E-state index contributed by atoms with van der Waals surface area (Å²) < 4.78 is 5.28. The molecule has 0 saturated carbocycles. The summed E-state index contributed by atoms with van der Waals surface area (Å²) >= 11 is 0. The Morgan fingerprint density at radius 1 is 1.21 bits per heavy atom. The molecule has 0 spiro atoms. The average Bonchev–Trinajstić information content (AvgIpc) is 2.22. The number of hydrogen-bond donors (Lipinski definition) is 0. The number of hydrogen-bond acceptors (Lipinski definition) is 3. The van der Waals surface area contributed by atoms with Crippen LogP contribution in [0.4, 0.5) is 0 Å². The highest BCUT2D eigenvalue weighted by Gasteiger charge is 2.44. The molecule has 0 unspecified atom stereocenters. The molecule has 1 heterocycles. The van der Waals surface area contributed by atoms with E-state index < -0.39 is 0 Å². The van der Waals surface area contributed by atoms with E-state index in [0.29, 0.717) is 5.57 Å². The van der Waals surface area contributed by atoms with Gasteiger partial charge in [0.05, 0.1) is 6.10 Å². The Labute approximate surface area is 118 Å². The maximum absolute atomic E-state index is 12.0. The Morgan fingerprint density at radius 2 is 1.63 bits per heavy atom. The van der Waals surface area contributed by atoms with Crippen molar-refractivity contribution >= 4 is 5.97 Å². The molecular formula is C16H29NO2. The van der Waals surface area contributed by atoms with E-state index in [1.807, 2.05) is 13.8 Å². The third-order valence-corrected chi connectivity index (χ3v) is 4.41. The lowest BCUT2D eigenvalue weighted by Crippen LogP contribution is -2.59. The van der Waals surface area contributed by atoms with Crippen molar-refractivity contribution in [1.82, 2.24) is 4.90 Å². The van der Waals surface area contributed by atoms with E-state index in [-0.39, 0.29) is 29.1 Å². The van der Waals surface area contributed by atoms with E-state index in [1.165, 1.54) is 0 Å². The molecule has 1 aliphatic heterocycles. The number of carbonyl (C=O) groups is 1. The highest BCUT2D eigenvalue weighted by atomic mass is 16.5. The first-order valence-corrected chi connectivity index (χ1v) is 7.11. The van der Waals surface area contributed by atoms with Gasteiger partial charge >= 0.3 is 5.97 Å². The van der Waals surface area contributed by atoms with Crippen LogP contribution in [0.3, 0.4) is 0 Å². The second kappa shape index (κ2) is 5.28. The van der Waals surface area contributed by atoms with Gasteiger partial charge in [-0.05, 0) is 67.3 Å². The van der Waals surface area contributed by atoms with Gasteiger partial charge in [-0.2, -0.15) is 0 Å². The molecule has 0 radical (unpaired) electrons. The lowest BCUT2D eigenvalue weighted by Gasteiger charge is -2.53. The SMILES string of the molecule is C=C(C(=O)OC(C)C)C1CC(C)(C)N(C)C(C)(C)C1. The quantitative estimate of drug-likeness (QED) is 0.580. The summed E-state index contributed by atoms with van der Waals surface area (Å²) in [5.41, 5.74) is 0.754. The highest BCUT2D eigenvalue weighted by molar-refractivity contribution is 5.88. The van der Waals surface area contributed by atoms with Crippen LogP contribution in [0, 0.1) is 5.92 Å². The maximum Gasteiger partial charge on any atom is 0.333 e. The van der Waals surface area contributed by atoms with Gasteiger partial charge in [0.1, 0.15) is 0 Å². The molecule has 3 nitrogen and oxygen atoms in total. The minimum Gasteiger partial charge on any atom is -0.460 e. The Balaban J connectivity index is 2.85. The zero-order chi connectivity index (χ0) is 15.0. The van der Waals surface area contributed by atoms with Crippen LogP contribution in [0.5, 0.6) is 0 Å². The first-order valence-electron chi connectivity index (χ1n) is 7.11. The molecular weight excluding hydrogens is 238 g/mol. The van der Waals surface area contributed by atoms with Crippen molar-refractivity contribution in [3.8, 4) is 0 Å². The number of rotatable bonds is 3. The molecule has 0 amide bonds. The van der Waals surface area contributed by atoms with E-state index in [2.05, 4.69) is 46.2 Å². The van der Waals surface area contributed by atoms with E-state index in [4.69, 9.17) is 4.74 Å². The zero-order valence-electron chi connectivity index (χ0n) is 13.5. The third-order valence-electron chi connectivity index (χ3n) is 4.41. The topological polar surface area (TPSA) is 29.5 Å². The highest BCUT2D eigenvalue weighted by Crippen LogP contribution is 2.42. The standard InChI is InChI=1S/C16H29NO2/c1-11(2)19-14(18)12(3)13-9-15(4,5)17(8)16(6,7)10-13/h11,13H,3,9-10H2,1-2,4-8H3. The molecule has 1 rings (SSSR count). The summed E-state index contributed by atoms with van der Waals surface area (Å²) in [4.78, 5) is 14.4. The second-order valence-electron chi connectivity index (χ2n) is 7.27. The Bertz CT molecular complexity index is 351. The summed E-state index contributed by atoms with van der Waals surface area (Å²) in [5, 5.41) is 0. The minimum atomic E-state index is -0.240. The van der Waals surface area contributed by atoms with Gasteiger partial charge in [0.2, 0.25) is 0 Å². The first-order chi connectivity index (χ1) is 8.47. The lowest BCUT2D eigenvalue weighted by molar-refractivity contribution is -0.144. The Kier molecular flexibility index (Phi) is 4.51. The van der Waals surface area contributed by atoms with Crippen molar-refractivity contribution < 1.29 is 9.53 Å². The Hall–Kier alpha value is -0.830. The average molecular weight is 267 g/mol. The van der Waals surface area contributed by atoms with Gasteiger partial charge in [-0.25, -0.2) is 4.79 Å². The number of piperidine rings is 1. The van der Waals surface area contributed by atoms with E-state index >= 15 is 0 Å². The number of carbonyl (C=O) groups excluding carboxylic acids is 1. The van der Waals surface area contributed by atoms with Crippen molar-refractivity contribution in [2.75, 3.05) is 7.05 Å². The van der Waals surface area contributed by atoms with Crippen molar-refractivity contribution in [2.24, 2.45) is 5.92 Å². The van der Waals surface area contributed by atoms with Gasteiger partial charge in [0, 0.05) is 16.7 Å². The van der Waals surface area contributed by atoms with Gasteiger partial charge in [-0.1, -0.05) is 6.58 Å². The van der Waals surface area contributed by atoms with Crippen molar-refractivity contribution in [3.63, 3.8) is 0 Å². The van der Waals surface area contributed by atoms with E-state index in [1.54, 1.807) is 0 Å². The summed E-state index contributed by atoms with van der Waals surface area (Å²) in [6.45, 7) is 16.6. The van der Waals surface area contributed by atoms with Crippen LogP contribution >= 0.6 is 0 Å². The molecule has 0 N–H and O–H groups in total. The number of likely N-dealkylation sites (tertiary alicyclic amines) is 1. The van der Waals surface area contributed by atoms with Gasteiger partial charge in [0.25, 0.3) is 0 Å². The molecule has 3 heteroatoms. The molecule has 0 aromatic heterocycles. The second-order valence-corrected chi connectivity index (χ2v) is 7.27. The van der Waals surface area contributed by atoms with Crippen LogP contribution < -0.4 is 0 Å². The predicted molar refractivity (Wildman–Crippen MR) is 79.0 cm³/mol. The lowest BCUT2D eigenvalue weighted by atomic mass is 9.71. The molecule has 110 valence electrons. The minimum absolute atomic E-state index is 0.0630. The summed E-state index contributed by atoms with van der Waals surface area (Å²) in [6, 6.07) is 0. The van der Waals surface area contributed by atoms with Crippen molar-refractivity contribution in [2.45, 2.75) is 71.6 Å². The molecule has 0 atom stereocenters. The molecule has 0 aliphatic carbocycles. The van der Waals surface area contributed by atoms with Gasteiger partial charge in [-0.15, -0.1) is 0 Å². The van der Waals surface area contributed by atoms with Gasteiger partial charge in [-0.3, -0.25) is 4.90 Å². The fourth-order valence-electron chi connectivity index (χ4n) is 3.07. The molecule has 19 heavy (non-hydrogen) atoms. The normalized spacial score (nSPS) is 23.4. The Morgan fingerprint density at radius 3 is 2.00 bits per heavy atom. The number of ether oxygens (including phenoxy) is 1. The predicted octanol–water partition coefficient (Wildman–Crippen LogP) is 3.39. The molecule has 1 aliphatic rings. The molecule has 1 fully saturated rings. The van der Waals surface area contributed by atoms with Crippen molar-refractivity contribution in [1.29, 1.82) is 0 Å². The van der Waals surface area contributed by atoms with E-state index in [9.17, 15) is 4.79 Å². The molecule has 0 aromatic carbocycles. The summed E-state index contributed by atoms with van der Waals surface area (Å²) in [6.07, 6.45) is 1.80. The number of nitrogens with zero attached hydrogens (tertiary/aromatic N) is 1. The third kappa shape index (κ3) is 3.59. The van der Waals surface area contributed by atoms with Crippen molar-refractivity contribution in [3.05, 3.63) is 12.2 Å². The first kappa shape index (κ1) is 16.2. The summed E-state index contributed by atoms with van der Waals surface area (Å²) in [7, 11) is 2.16. The van der Waals surface area contributed by atoms with Crippen LogP contribution in [0.2, 0.25) is 0 Å². The summed E-state index contributed by atoms with van der Waals surface area (Å²) in [5.74, 6) is -0.0383. The van der Waals surface area contributed by atoms with Crippen LogP contribution in [0.25, 0.3) is 0 Å². The smallest absolute Gasteiger partial charge is 0.333 e. The largest absolute Gasteiger partial charge is 0.460 e. The van der Waals surface area contributed by atoms with Crippen LogP contribution in [0.1, 0.15) is 54.4 Å². The monoisotopic (exact) mass is 267 g/mol. The fourth-order valence-corrected chi connectivity index (χ4v) is 3.07. The zero-order valence-corrected chi connectivity index (χ0v) is 13.5. The van der Waals surface area contributed by atoms with Gasteiger partial charge in [0.15, 0.2) is 0 Å². The van der Waals surface area contributed by atoms with Gasteiger partial charge < -0.3 is 4.74 Å². The molecule has 1 saturated heterocycles. The molecule has 0 bridgehead atoms. The van der Waals surface area contributed by atoms with Crippen LogP contribution in [-0.2, 0) is 9.53 Å². The molecule has 0 aromatic rings. The van der Waals surface area contributed by atoms with Crippen LogP contribution in [0.15, 0.2) is 12.2 Å². The fraction of sp³-hybridized carbons (Fsp3) is 0.812. The maximum atomic E-state index is 12.0. The number of esters is 1. The van der Waals surface area contributed by atoms with Crippen LogP contribution in [-0.4, -0.2) is 35.1 Å². The van der Waals surface area contributed by atoms with E-state index in [0.717, 1.165) is 12.8 Å².